The second-order valence-electron chi connectivity index (χ2n) is 7.01. The second-order valence-corrected chi connectivity index (χ2v) is 7.01. The molecule has 6 heteroatoms. The van der Waals surface area contributed by atoms with Crippen molar-refractivity contribution in [1.29, 1.82) is 0 Å². The maximum atomic E-state index is 13.9. The molecule has 140 valence electrons. The van der Waals surface area contributed by atoms with E-state index < -0.39 is 0 Å². The Kier molecular flexibility index (Phi) is 6.04. The fraction of sp³-hybridized carbons (Fsp3) is 0.500. The van der Waals surface area contributed by atoms with Gasteiger partial charge in [-0.15, -0.1) is 0 Å². The van der Waals surface area contributed by atoms with E-state index in [-0.39, 0.29) is 11.7 Å². The van der Waals surface area contributed by atoms with Gasteiger partial charge in [-0.2, -0.15) is 5.10 Å². The first-order chi connectivity index (χ1) is 12.6. The van der Waals surface area contributed by atoms with Crippen LogP contribution in [0, 0.1) is 5.82 Å². The fourth-order valence-electron chi connectivity index (χ4n) is 3.54. The lowest BCUT2D eigenvalue weighted by molar-refractivity contribution is 0.0939. The third kappa shape index (κ3) is 4.30. The number of hydrogen-bond acceptors (Lipinski definition) is 3. The number of halogens is 1. The molecule has 1 unspecified atom stereocenters. The SMILES string of the molecule is CC1CCCCN1CCCNC(=O)c1cc(-c2ccccc2F)nn1C. The molecule has 1 fully saturated rings. The molecule has 0 bridgehead atoms. The van der Waals surface area contributed by atoms with Gasteiger partial charge in [0.05, 0.1) is 5.69 Å². The minimum Gasteiger partial charge on any atom is -0.351 e. The van der Waals surface area contributed by atoms with Crippen LogP contribution in [-0.4, -0.2) is 46.3 Å². The highest BCUT2D eigenvalue weighted by Gasteiger charge is 2.18. The number of nitrogens with zero attached hydrogens (tertiary/aromatic N) is 3. The minimum absolute atomic E-state index is 0.172. The predicted molar refractivity (Wildman–Crippen MR) is 100 cm³/mol. The average molecular weight is 358 g/mol. The van der Waals surface area contributed by atoms with E-state index in [4.69, 9.17) is 0 Å². The highest BCUT2D eigenvalue weighted by atomic mass is 19.1. The molecule has 1 aromatic carbocycles. The number of amides is 1. The zero-order valence-electron chi connectivity index (χ0n) is 15.5. The van der Waals surface area contributed by atoms with Crippen molar-refractivity contribution in [2.24, 2.45) is 7.05 Å². The van der Waals surface area contributed by atoms with Crippen LogP contribution in [0.3, 0.4) is 0 Å². The fourth-order valence-corrected chi connectivity index (χ4v) is 3.54. The topological polar surface area (TPSA) is 50.2 Å². The number of aryl methyl sites for hydroxylation is 1. The molecule has 0 saturated carbocycles. The largest absolute Gasteiger partial charge is 0.351 e. The number of carbonyl (C=O) groups is 1. The summed E-state index contributed by atoms with van der Waals surface area (Å²) in [5, 5.41) is 7.24. The van der Waals surface area contributed by atoms with Crippen LogP contribution in [0.1, 0.15) is 43.1 Å². The third-order valence-corrected chi connectivity index (χ3v) is 5.11. The number of carbonyl (C=O) groups excluding carboxylic acids is 1. The summed E-state index contributed by atoms with van der Waals surface area (Å²) in [7, 11) is 1.70. The van der Waals surface area contributed by atoms with Crippen LogP contribution in [0.15, 0.2) is 30.3 Å². The van der Waals surface area contributed by atoms with Gasteiger partial charge >= 0.3 is 0 Å². The third-order valence-electron chi connectivity index (χ3n) is 5.11. The molecule has 1 aromatic heterocycles. The van der Waals surface area contributed by atoms with Gasteiger partial charge in [0, 0.05) is 31.7 Å². The van der Waals surface area contributed by atoms with Gasteiger partial charge < -0.3 is 10.2 Å². The Labute approximate surface area is 154 Å². The molecule has 1 N–H and O–H groups in total. The predicted octanol–water partition coefficient (Wildman–Crippen LogP) is 3.22. The lowest BCUT2D eigenvalue weighted by atomic mass is 10.0. The Morgan fingerprint density at radius 2 is 2.15 bits per heavy atom. The molecule has 1 amide bonds. The van der Waals surface area contributed by atoms with Crippen molar-refractivity contribution in [2.45, 2.75) is 38.6 Å². The Morgan fingerprint density at radius 3 is 2.92 bits per heavy atom. The van der Waals surface area contributed by atoms with E-state index in [2.05, 4.69) is 22.2 Å². The zero-order chi connectivity index (χ0) is 18.5. The molecule has 1 aliphatic rings. The van der Waals surface area contributed by atoms with Crippen molar-refractivity contribution in [3.8, 4) is 11.3 Å². The van der Waals surface area contributed by atoms with Crippen LogP contribution < -0.4 is 5.32 Å². The maximum Gasteiger partial charge on any atom is 0.269 e. The minimum atomic E-state index is -0.340. The summed E-state index contributed by atoms with van der Waals surface area (Å²) in [5.41, 5.74) is 1.31. The number of benzene rings is 1. The first kappa shape index (κ1) is 18.6. The summed E-state index contributed by atoms with van der Waals surface area (Å²) in [6.45, 7) is 5.07. The van der Waals surface area contributed by atoms with E-state index in [0.717, 1.165) is 19.5 Å². The van der Waals surface area contributed by atoms with Crippen molar-refractivity contribution in [3.05, 3.63) is 41.8 Å². The molecule has 1 atom stereocenters. The standard InChI is InChI=1S/C20H27FN4O/c1-15-8-5-6-12-25(15)13-7-11-22-20(26)19-14-18(23-24(19)2)16-9-3-4-10-17(16)21/h3-4,9-10,14-15H,5-8,11-13H2,1-2H3,(H,22,26). The highest BCUT2D eigenvalue weighted by Crippen LogP contribution is 2.22. The van der Waals surface area contributed by atoms with Gasteiger partial charge in [0.15, 0.2) is 0 Å². The zero-order valence-corrected chi connectivity index (χ0v) is 15.5. The average Bonchev–Trinajstić information content (AvgIpc) is 3.02. The summed E-state index contributed by atoms with van der Waals surface area (Å²) in [4.78, 5) is 14.9. The molecular weight excluding hydrogens is 331 g/mol. The van der Waals surface area contributed by atoms with Gasteiger partial charge in [-0.05, 0) is 50.9 Å². The maximum absolute atomic E-state index is 13.9. The molecule has 2 heterocycles. The molecule has 3 rings (SSSR count). The number of rotatable bonds is 6. The Morgan fingerprint density at radius 1 is 1.35 bits per heavy atom. The summed E-state index contributed by atoms with van der Waals surface area (Å²) in [6, 6.07) is 8.73. The van der Waals surface area contributed by atoms with Crippen molar-refractivity contribution in [3.63, 3.8) is 0 Å². The molecule has 0 radical (unpaired) electrons. The number of aromatic nitrogens is 2. The van der Waals surface area contributed by atoms with Crippen LogP contribution in [0.4, 0.5) is 4.39 Å². The molecule has 0 aliphatic carbocycles. The second kappa shape index (κ2) is 8.45. The van der Waals surface area contributed by atoms with Crippen molar-refractivity contribution in [2.75, 3.05) is 19.6 Å². The van der Waals surface area contributed by atoms with Gasteiger partial charge in [-0.3, -0.25) is 9.48 Å². The lowest BCUT2D eigenvalue weighted by Crippen LogP contribution is -2.39. The van der Waals surface area contributed by atoms with Gasteiger partial charge in [-0.1, -0.05) is 18.6 Å². The normalized spacial score (nSPS) is 18.0. The van der Waals surface area contributed by atoms with Crippen LogP contribution in [0.5, 0.6) is 0 Å². The molecule has 26 heavy (non-hydrogen) atoms. The first-order valence-corrected chi connectivity index (χ1v) is 9.37. The monoisotopic (exact) mass is 358 g/mol. The van der Waals surface area contributed by atoms with Gasteiger partial charge in [0.25, 0.3) is 5.91 Å². The molecule has 0 spiro atoms. The van der Waals surface area contributed by atoms with E-state index in [0.29, 0.717) is 29.5 Å². The molecule has 2 aromatic rings. The number of piperidine rings is 1. The molecular formula is C20H27FN4O. The van der Waals surface area contributed by atoms with Crippen LogP contribution >= 0.6 is 0 Å². The van der Waals surface area contributed by atoms with Crippen LogP contribution in [0.2, 0.25) is 0 Å². The van der Waals surface area contributed by atoms with Gasteiger partial charge in [0.2, 0.25) is 0 Å². The smallest absolute Gasteiger partial charge is 0.269 e. The van der Waals surface area contributed by atoms with Crippen molar-refractivity contribution < 1.29 is 9.18 Å². The molecule has 5 nitrogen and oxygen atoms in total. The highest BCUT2D eigenvalue weighted by molar-refractivity contribution is 5.93. The van der Waals surface area contributed by atoms with Gasteiger partial charge in [-0.25, -0.2) is 4.39 Å². The van der Waals surface area contributed by atoms with E-state index in [1.165, 1.54) is 30.0 Å². The van der Waals surface area contributed by atoms with E-state index in [9.17, 15) is 9.18 Å². The molecule has 1 aliphatic heterocycles. The summed E-state index contributed by atoms with van der Waals surface area (Å²) in [5.74, 6) is -0.512. The summed E-state index contributed by atoms with van der Waals surface area (Å²) < 4.78 is 15.4. The Hall–Kier alpha value is -2.21. The van der Waals surface area contributed by atoms with Crippen LogP contribution in [0.25, 0.3) is 11.3 Å². The van der Waals surface area contributed by atoms with E-state index >= 15 is 0 Å². The van der Waals surface area contributed by atoms with Crippen molar-refractivity contribution >= 4 is 5.91 Å². The lowest BCUT2D eigenvalue weighted by Gasteiger charge is -2.33. The number of likely N-dealkylation sites (tertiary alicyclic amines) is 1. The Balaban J connectivity index is 1.54. The molecule has 1 saturated heterocycles. The number of hydrogen-bond donors (Lipinski definition) is 1. The van der Waals surface area contributed by atoms with Gasteiger partial charge in [0.1, 0.15) is 11.5 Å². The Bertz CT molecular complexity index is 758. The van der Waals surface area contributed by atoms with E-state index in [1.807, 2.05) is 0 Å². The quantitative estimate of drug-likeness (QED) is 0.807. The summed E-state index contributed by atoms with van der Waals surface area (Å²) >= 11 is 0. The first-order valence-electron chi connectivity index (χ1n) is 9.37. The van der Waals surface area contributed by atoms with Crippen molar-refractivity contribution in [1.82, 2.24) is 20.0 Å². The number of nitrogens with one attached hydrogen (secondary N) is 1. The van der Waals surface area contributed by atoms with Crippen LogP contribution in [-0.2, 0) is 7.05 Å². The van der Waals surface area contributed by atoms with E-state index in [1.54, 1.807) is 31.3 Å². The summed E-state index contributed by atoms with van der Waals surface area (Å²) in [6.07, 6.45) is 4.78.